The molecule has 0 saturated carbocycles. The van der Waals surface area contributed by atoms with E-state index in [2.05, 4.69) is 91.6 Å². The average molecular weight is 666 g/mol. The predicted molar refractivity (Wildman–Crippen MR) is 211 cm³/mol. The van der Waals surface area contributed by atoms with Crippen LogP contribution in [0.3, 0.4) is 0 Å². The maximum atomic E-state index is 10.5. The molecule has 6 heteroatoms. The Hall–Kier alpha value is -7.17. The minimum absolute atomic E-state index is 0.403. The van der Waals surface area contributed by atoms with Crippen molar-refractivity contribution in [2.24, 2.45) is 0 Å². The maximum Gasteiger partial charge on any atom is 0.211 e. The number of aromatic nitrogens is 2. The van der Waals surface area contributed by atoms with E-state index in [0.717, 1.165) is 49.3 Å². The molecule has 0 fully saturated rings. The molecule has 51 heavy (non-hydrogen) atoms. The number of para-hydroxylation sites is 3. The van der Waals surface area contributed by atoms with Gasteiger partial charge in [0.2, 0.25) is 5.69 Å². The largest absolute Gasteiger partial charge is 0.319 e. The third-order valence-electron chi connectivity index (χ3n) is 10.0. The Labute approximate surface area is 296 Å². The van der Waals surface area contributed by atoms with Gasteiger partial charge in [-0.05, 0) is 59.7 Å². The topological polar surface area (TPSA) is 42.4 Å². The first kappa shape index (κ1) is 28.8. The van der Waals surface area contributed by atoms with Crippen LogP contribution >= 0.6 is 11.3 Å². The summed E-state index contributed by atoms with van der Waals surface area (Å²) in [4.78, 5) is 7.98. The summed E-state index contributed by atoms with van der Waals surface area (Å²) in [5.41, 5.74) is 8.02. The summed E-state index contributed by atoms with van der Waals surface area (Å²) in [6.45, 7) is 16.6. The Morgan fingerprint density at radius 2 is 1.12 bits per heavy atom. The van der Waals surface area contributed by atoms with E-state index in [0.29, 0.717) is 33.8 Å². The summed E-state index contributed by atoms with van der Waals surface area (Å²) in [5, 5.41) is 17.5. The van der Waals surface area contributed by atoms with Gasteiger partial charge in [-0.15, -0.1) is 11.3 Å². The molecular weight excluding hydrogens is 643 g/mol. The van der Waals surface area contributed by atoms with E-state index in [4.69, 9.17) is 13.1 Å². The van der Waals surface area contributed by atoms with Gasteiger partial charge in [0.05, 0.1) is 57.2 Å². The molecule has 10 rings (SSSR count). The zero-order valence-corrected chi connectivity index (χ0v) is 27.7. The number of thiophene rings is 1. The number of fused-ring (bicyclic) bond motifs is 10. The second-order valence-electron chi connectivity index (χ2n) is 12.6. The highest BCUT2D eigenvalue weighted by atomic mass is 32.1. The molecule has 0 aliphatic carbocycles. The second-order valence-corrected chi connectivity index (χ2v) is 13.6. The van der Waals surface area contributed by atoms with Crippen LogP contribution in [0, 0.1) is 24.5 Å². The van der Waals surface area contributed by atoms with Crippen molar-refractivity contribution < 1.29 is 0 Å². The van der Waals surface area contributed by atoms with Crippen molar-refractivity contribution in [2.75, 3.05) is 0 Å². The lowest BCUT2D eigenvalue weighted by Crippen LogP contribution is -1.98. The molecule has 5 nitrogen and oxygen atoms in total. The van der Waals surface area contributed by atoms with Crippen molar-refractivity contribution in [2.45, 2.75) is 0 Å². The van der Waals surface area contributed by atoms with Crippen LogP contribution < -0.4 is 0 Å². The van der Waals surface area contributed by atoms with Crippen LogP contribution in [0.2, 0.25) is 0 Å². The van der Waals surface area contributed by atoms with Crippen molar-refractivity contribution >= 4 is 86.5 Å². The van der Waals surface area contributed by atoms with Crippen LogP contribution in [0.5, 0.6) is 0 Å². The molecule has 0 bridgehead atoms. The number of hydrogen-bond acceptors (Lipinski definition) is 2. The SMILES string of the molecule is [C-]#[N+]c1cc(-n2c3ccccc3c3ccc4c5ccccc5sc4c32)ccc1-c1cc([N+]#[C-])c(-n2c3ccccc3c3ccccc32)cc1C#N. The van der Waals surface area contributed by atoms with Gasteiger partial charge in [0.1, 0.15) is 0 Å². The average Bonchev–Trinajstić information content (AvgIpc) is 3.85. The zero-order chi connectivity index (χ0) is 34.2. The smallest absolute Gasteiger partial charge is 0.211 e. The summed E-state index contributed by atoms with van der Waals surface area (Å²) >= 11 is 1.79. The summed E-state index contributed by atoms with van der Waals surface area (Å²) < 4.78 is 6.77. The fourth-order valence-electron chi connectivity index (χ4n) is 7.82. The summed E-state index contributed by atoms with van der Waals surface area (Å²) in [6.07, 6.45) is 0. The lowest BCUT2D eigenvalue weighted by Gasteiger charge is -2.16. The number of nitriles is 1. The molecule has 0 amide bonds. The lowest BCUT2D eigenvalue weighted by atomic mass is 9.96. The first-order chi connectivity index (χ1) is 25.2. The Morgan fingerprint density at radius 1 is 0.529 bits per heavy atom. The summed E-state index contributed by atoms with van der Waals surface area (Å²) in [7, 11) is 0. The molecule has 0 saturated heterocycles. The minimum atomic E-state index is 0.403. The molecule has 0 atom stereocenters. The third kappa shape index (κ3) is 4.05. The molecule has 7 aromatic carbocycles. The quantitative estimate of drug-likeness (QED) is 0.173. The van der Waals surface area contributed by atoms with Gasteiger partial charge in [-0.25, -0.2) is 9.69 Å². The lowest BCUT2D eigenvalue weighted by molar-refractivity contribution is 1.18. The molecule has 234 valence electrons. The Bertz CT molecular complexity index is 3190. The maximum absolute atomic E-state index is 10.5. The highest BCUT2D eigenvalue weighted by Crippen LogP contribution is 2.45. The van der Waals surface area contributed by atoms with Crippen LogP contribution in [0.4, 0.5) is 11.4 Å². The molecule has 0 spiro atoms. The molecule has 0 radical (unpaired) electrons. The number of hydrogen-bond donors (Lipinski definition) is 0. The van der Waals surface area contributed by atoms with Crippen molar-refractivity contribution in [3.8, 4) is 28.6 Å². The standard InChI is InChI=1S/C45H23N5S/c1-47-37-24-28(49-39-15-7-5-13-32(39)34-21-22-35-33-14-6-10-18-43(33)51-45(35)44(34)49)19-20-29(37)36-25-38(48-2)42(23-27(36)26-46)50-40-16-8-3-11-30(40)31-12-4-9-17-41(31)50/h3-25H. The van der Waals surface area contributed by atoms with Gasteiger partial charge in [-0.1, -0.05) is 91.0 Å². The molecule has 0 unspecified atom stereocenters. The van der Waals surface area contributed by atoms with Crippen LogP contribution in [0.1, 0.15) is 5.56 Å². The first-order valence-corrected chi connectivity index (χ1v) is 17.3. The molecule has 0 aliphatic heterocycles. The van der Waals surface area contributed by atoms with Gasteiger partial charge in [-0.2, -0.15) is 5.26 Å². The highest BCUT2D eigenvalue weighted by Gasteiger charge is 2.21. The Balaban J connectivity index is 1.20. The van der Waals surface area contributed by atoms with E-state index in [1.54, 1.807) is 23.5 Å². The van der Waals surface area contributed by atoms with Crippen molar-refractivity contribution in [1.82, 2.24) is 9.13 Å². The molecule has 3 heterocycles. The Morgan fingerprint density at radius 3 is 1.78 bits per heavy atom. The van der Waals surface area contributed by atoms with Crippen LogP contribution in [-0.4, -0.2) is 9.13 Å². The monoisotopic (exact) mass is 665 g/mol. The molecular formula is C45H23N5S. The van der Waals surface area contributed by atoms with Crippen molar-refractivity contribution in [3.05, 3.63) is 168 Å². The van der Waals surface area contributed by atoms with Gasteiger partial charge in [0, 0.05) is 42.7 Å². The van der Waals surface area contributed by atoms with Gasteiger partial charge in [0.15, 0.2) is 5.69 Å². The van der Waals surface area contributed by atoms with Crippen molar-refractivity contribution in [3.63, 3.8) is 0 Å². The van der Waals surface area contributed by atoms with E-state index in [1.807, 2.05) is 60.7 Å². The van der Waals surface area contributed by atoms with E-state index in [9.17, 15) is 5.26 Å². The van der Waals surface area contributed by atoms with Gasteiger partial charge in [0.25, 0.3) is 0 Å². The second kappa shape index (κ2) is 10.9. The fraction of sp³-hybridized carbons (Fsp3) is 0. The van der Waals surface area contributed by atoms with E-state index >= 15 is 0 Å². The van der Waals surface area contributed by atoms with Crippen LogP contribution in [0.15, 0.2) is 140 Å². The minimum Gasteiger partial charge on any atom is -0.319 e. The van der Waals surface area contributed by atoms with Crippen molar-refractivity contribution in [1.29, 1.82) is 5.26 Å². The summed E-state index contributed by atoms with van der Waals surface area (Å²) in [5.74, 6) is 0. The number of rotatable bonds is 3. The first-order valence-electron chi connectivity index (χ1n) is 16.5. The van der Waals surface area contributed by atoms with E-state index in [-0.39, 0.29) is 0 Å². The zero-order valence-electron chi connectivity index (χ0n) is 26.9. The van der Waals surface area contributed by atoms with Gasteiger partial charge >= 0.3 is 0 Å². The van der Waals surface area contributed by atoms with Crippen LogP contribution in [0.25, 0.3) is 96.0 Å². The van der Waals surface area contributed by atoms with Crippen LogP contribution in [-0.2, 0) is 0 Å². The Kier molecular flexibility index (Phi) is 6.17. The third-order valence-corrected chi connectivity index (χ3v) is 11.2. The molecule has 0 N–H and O–H groups in total. The summed E-state index contributed by atoms with van der Waals surface area (Å²) in [6, 6.07) is 49.4. The van der Waals surface area contributed by atoms with Gasteiger partial charge in [-0.3, -0.25) is 0 Å². The molecule has 3 aromatic heterocycles. The molecule has 10 aromatic rings. The van der Waals surface area contributed by atoms with Gasteiger partial charge < -0.3 is 9.13 Å². The highest BCUT2D eigenvalue weighted by molar-refractivity contribution is 7.26. The number of nitrogens with zero attached hydrogens (tertiary/aromatic N) is 5. The number of benzene rings is 7. The fourth-order valence-corrected chi connectivity index (χ4v) is 9.06. The predicted octanol–water partition coefficient (Wildman–Crippen LogP) is 12.9. The van der Waals surface area contributed by atoms with E-state index < -0.39 is 0 Å². The normalized spacial score (nSPS) is 11.5. The molecule has 0 aliphatic rings. The van der Waals surface area contributed by atoms with E-state index in [1.165, 1.54) is 20.2 Å².